The third-order valence-electron chi connectivity index (χ3n) is 2.03. The second kappa shape index (κ2) is 9.27. The van der Waals surface area contributed by atoms with Crippen LogP contribution in [0, 0.1) is 0 Å². The lowest BCUT2D eigenvalue weighted by molar-refractivity contribution is 0.230. The summed E-state index contributed by atoms with van der Waals surface area (Å²) in [4.78, 5) is 4.16. The Morgan fingerprint density at radius 2 is 2.06 bits per heavy atom. The summed E-state index contributed by atoms with van der Waals surface area (Å²) in [5.41, 5.74) is 5.61. The molecular weight excluding hydrogens is 365 g/mol. The zero-order valence-electron chi connectivity index (χ0n) is 10.5. The number of hydrogen-bond acceptors (Lipinski definition) is 2. The van der Waals surface area contributed by atoms with Gasteiger partial charge in [-0.1, -0.05) is 11.6 Å². The SMILES string of the molecule is CCNC(N)=NCC(C)Oc1ccc(Cl)cc1.I. The predicted molar refractivity (Wildman–Crippen MR) is 87.1 cm³/mol. The highest BCUT2D eigenvalue weighted by atomic mass is 127. The van der Waals surface area contributed by atoms with Gasteiger partial charge in [-0.25, -0.2) is 4.99 Å². The maximum Gasteiger partial charge on any atom is 0.188 e. The molecule has 1 rings (SSSR count). The number of benzene rings is 1. The number of rotatable bonds is 5. The Kier molecular flexibility index (Phi) is 8.91. The van der Waals surface area contributed by atoms with Crippen LogP contribution in [0.25, 0.3) is 0 Å². The van der Waals surface area contributed by atoms with Gasteiger partial charge >= 0.3 is 0 Å². The van der Waals surface area contributed by atoms with Crippen molar-refractivity contribution < 1.29 is 4.74 Å². The van der Waals surface area contributed by atoms with Gasteiger partial charge < -0.3 is 15.8 Å². The van der Waals surface area contributed by atoms with Crippen molar-refractivity contribution in [1.29, 1.82) is 0 Å². The normalized spacial score (nSPS) is 12.5. The van der Waals surface area contributed by atoms with E-state index in [-0.39, 0.29) is 30.1 Å². The van der Waals surface area contributed by atoms with Gasteiger partial charge in [0.2, 0.25) is 0 Å². The van der Waals surface area contributed by atoms with Crippen LogP contribution in [0.1, 0.15) is 13.8 Å². The summed E-state index contributed by atoms with van der Waals surface area (Å²) in [6.45, 7) is 5.19. The molecule has 0 aromatic heterocycles. The van der Waals surface area contributed by atoms with Crippen LogP contribution in [-0.4, -0.2) is 25.2 Å². The highest BCUT2D eigenvalue weighted by Gasteiger charge is 2.03. The summed E-state index contributed by atoms with van der Waals surface area (Å²) in [5, 5.41) is 3.62. The van der Waals surface area contributed by atoms with Crippen LogP contribution < -0.4 is 15.8 Å². The second-order valence-corrected chi connectivity index (χ2v) is 4.08. The lowest BCUT2D eigenvalue weighted by atomic mass is 10.3. The molecule has 0 saturated heterocycles. The minimum absolute atomic E-state index is 0. The molecular formula is C12H19ClIN3O. The molecule has 102 valence electrons. The van der Waals surface area contributed by atoms with Gasteiger partial charge in [-0.05, 0) is 38.1 Å². The number of nitrogens with zero attached hydrogens (tertiary/aromatic N) is 1. The Bertz CT molecular complexity index is 370. The molecule has 0 aliphatic heterocycles. The number of halogens is 2. The Labute approximate surface area is 130 Å². The average molecular weight is 384 g/mol. The molecule has 0 heterocycles. The van der Waals surface area contributed by atoms with Crippen molar-refractivity contribution in [3.63, 3.8) is 0 Å². The van der Waals surface area contributed by atoms with Crippen LogP contribution >= 0.6 is 35.6 Å². The molecule has 0 aliphatic rings. The second-order valence-electron chi connectivity index (χ2n) is 3.64. The van der Waals surface area contributed by atoms with Crippen molar-refractivity contribution in [3.05, 3.63) is 29.3 Å². The Balaban J connectivity index is 0.00000289. The van der Waals surface area contributed by atoms with Crippen molar-refractivity contribution in [2.45, 2.75) is 20.0 Å². The molecule has 1 aromatic rings. The van der Waals surface area contributed by atoms with E-state index in [4.69, 9.17) is 22.1 Å². The van der Waals surface area contributed by atoms with E-state index in [1.807, 2.05) is 26.0 Å². The smallest absolute Gasteiger partial charge is 0.188 e. The van der Waals surface area contributed by atoms with Crippen molar-refractivity contribution in [1.82, 2.24) is 5.32 Å². The van der Waals surface area contributed by atoms with Crippen molar-refractivity contribution in [2.75, 3.05) is 13.1 Å². The lowest BCUT2D eigenvalue weighted by Gasteiger charge is -2.13. The molecule has 0 bridgehead atoms. The van der Waals surface area contributed by atoms with Crippen LogP contribution in [0.15, 0.2) is 29.3 Å². The average Bonchev–Trinajstić information content (AvgIpc) is 2.30. The monoisotopic (exact) mass is 383 g/mol. The number of nitrogens with one attached hydrogen (secondary N) is 1. The maximum atomic E-state index is 5.78. The summed E-state index contributed by atoms with van der Waals surface area (Å²) in [6.07, 6.45) is -0.0339. The number of aliphatic imine (C=N–C) groups is 1. The summed E-state index contributed by atoms with van der Waals surface area (Å²) < 4.78 is 5.65. The molecule has 0 saturated carbocycles. The molecule has 1 atom stereocenters. The quantitative estimate of drug-likeness (QED) is 0.467. The molecule has 6 heteroatoms. The molecule has 0 aliphatic carbocycles. The zero-order chi connectivity index (χ0) is 12.7. The lowest BCUT2D eigenvalue weighted by Crippen LogP contribution is -2.32. The van der Waals surface area contributed by atoms with E-state index in [1.54, 1.807) is 12.1 Å². The molecule has 3 N–H and O–H groups in total. The fourth-order valence-electron chi connectivity index (χ4n) is 1.25. The largest absolute Gasteiger partial charge is 0.489 e. The highest BCUT2D eigenvalue weighted by molar-refractivity contribution is 14.0. The van der Waals surface area contributed by atoms with Gasteiger partial charge in [-0.3, -0.25) is 0 Å². The minimum atomic E-state index is -0.0339. The van der Waals surface area contributed by atoms with Crippen LogP contribution in [0.5, 0.6) is 5.75 Å². The number of ether oxygens (including phenoxy) is 1. The first kappa shape index (κ1) is 17.3. The fourth-order valence-corrected chi connectivity index (χ4v) is 1.37. The highest BCUT2D eigenvalue weighted by Crippen LogP contribution is 2.16. The van der Waals surface area contributed by atoms with E-state index >= 15 is 0 Å². The van der Waals surface area contributed by atoms with Gasteiger partial charge in [0, 0.05) is 11.6 Å². The standard InChI is InChI=1S/C12H18ClN3O.HI/c1-3-15-12(14)16-8-9(2)17-11-6-4-10(13)5-7-11;/h4-7,9H,3,8H2,1-2H3,(H3,14,15,16);1H. The van der Waals surface area contributed by atoms with Gasteiger partial charge in [0.1, 0.15) is 11.9 Å². The number of hydrogen-bond donors (Lipinski definition) is 2. The molecule has 0 amide bonds. The van der Waals surface area contributed by atoms with E-state index in [0.717, 1.165) is 12.3 Å². The summed E-state index contributed by atoms with van der Waals surface area (Å²) in [6, 6.07) is 7.24. The van der Waals surface area contributed by atoms with Gasteiger partial charge in [-0.2, -0.15) is 0 Å². The molecule has 4 nitrogen and oxygen atoms in total. The van der Waals surface area contributed by atoms with Crippen LogP contribution in [-0.2, 0) is 0 Å². The third-order valence-corrected chi connectivity index (χ3v) is 2.28. The molecule has 18 heavy (non-hydrogen) atoms. The van der Waals surface area contributed by atoms with E-state index in [2.05, 4.69) is 10.3 Å². The van der Waals surface area contributed by atoms with Crippen molar-refractivity contribution >= 4 is 41.5 Å². The Morgan fingerprint density at radius 1 is 1.44 bits per heavy atom. The van der Waals surface area contributed by atoms with E-state index in [0.29, 0.717) is 17.5 Å². The number of nitrogens with two attached hydrogens (primary N) is 1. The third kappa shape index (κ3) is 6.90. The summed E-state index contributed by atoms with van der Waals surface area (Å²) >= 11 is 5.78. The zero-order valence-corrected chi connectivity index (χ0v) is 13.6. The molecule has 1 aromatic carbocycles. The molecule has 0 spiro atoms. The molecule has 1 unspecified atom stereocenters. The summed E-state index contributed by atoms with van der Waals surface area (Å²) in [5.74, 6) is 1.22. The van der Waals surface area contributed by atoms with Crippen LogP contribution in [0.2, 0.25) is 5.02 Å². The van der Waals surface area contributed by atoms with Crippen LogP contribution in [0.3, 0.4) is 0 Å². The van der Waals surface area contributed by atoms with Gasteiger partial charge in [0.25, 0.3) is 0 Å². The Morgan fingerprint density at radius 3 is 2.61 bits per heavy atom. The predicted octanol–water partition coefficient (Wildman–Crippen LogP) is 2.65. The van der Waals surface area contributed by atoms with Crippen molar-refractivity contribution in [2.24, 2.45) is 10.7 Å². The van der Waals surface area contributed by atoms with Crippen LogP contribution in [0.4, 0.5) is 0 Å². The van der Waals surface area contributed by atoms with Gasteiger partial charge in [-0.15, -0.1) is 24.0 Å². The molecule has 0 fully saturated rings. The van der Waals surface area contributed by atoms with E-state index in [9.17, 15) is 0 Å². The summed E-state index contributed by atoms with van der Waals surface area (Å²) in [7, 11) is 0. The number of guanidine groups is 1. The maximum absolute atomic E-state index is 5.78. The Hall–Kier alpha value is -0.690. The first-order chi connectivity index (χ1) is 8.11. The van der Waals surface area contributed by atoms with Gasteiger partial charge in [0.15, 0.2) is 5.96 Å². The topological polar surface area (TPSA) is 59.6 Å². The van der Waals surface area contributed by atoms with Crippen molar-refractivity contribution in [3.8, 4) is 5.75 Å². The fraction of sp³-hybridized carbons (Fsp3) is 0.417. The minimum Gasteiger partial charge on any atom is -0.489 e. The van der Waals surface area contributed by atoms with E-state index < -0.39 is 0 Å². The van der Waals surface area contributed by atoms with Gasteiger partial charge in [0.05, 0.1) is 6.54 Å². The first-order valence-corrected chi connectivity index (χ1v) is 5.95. The first-order valence-electron chi connectivity index (χ1n) is 5.57. The molecule has 0 radical (unpaired) electrons. The van der Waals surface area contributed by atoms with E-state index in [1.165, 1.54) is 0 Å².